The smallest absolute Gasteiger partial charge is 0.211 e. The Morgan fingerprint density at radius 1 is 1.35 bits per heavy atom. The quantitative estimate of drug-likeness (QED) is 0.738. The molecule has 0 bridgehead atoms. The second-order valence-corrected chi connectivity index (χ2v) is 5.39. The average molecular weight is 273 g/mol. The van der Waals surface area contributed by atoms with E-state index < -0.39 is 6.29 Å². The van der Waals surface area contributed by atoms with Gasteiger partial charge < -0.3 is 20.1 Å². The van der Waals surface area contributed by atoms with Crippen LogP contribution in [0.1, 0.15) is 18.4 Å². The van der Waals surface area contributed by atoms with Gasteiger partial charge in [0.05, 0.1) is 6.04 Å². The second-order valence-electron chi connectivity index (χ2n) is 5.39. The number of benzene rings is 1. The molecule has 106 valence electrons. The highest BCUT2D eigenvalue weighted by atomic mass is 16.5. The summed E-state index contributed by atoms with van der Waals surface area (Å²) in [4.78, 5) is 9.54. The normalized spacial score (nSPS) is 20.8. The molecule has 2 heterocycles. The molecule has 1 aliphatic heterocycles. The number of likely N-dealkylation sites (N-methyl/N-ethyl adjacent to an activating group) is 1. The van der Waals surface area contributed by atoms with Crippen LogP contribution in [-0.4, -0.2) is 51.9 Å². The Bertz CT molecular complexity index is 647. The first-order valence-electron chi connectivity index (χ1n) is 6.79. The number of aliphatic hydroxyl groups is 2. The molecule has 2 aromatic rings. The summed E-state index contributed by atoms with van der Waals surface area (Å²) in [5, 5.41) is 19.8. The predicted octanol–water partition coefficient (Wildman–Crippen LogP) is 1.29. The van der Waals surface area contributed by atoms with E-state index in [4.69, 9.17) is 0 Å². The topological polar surface area (TPSA) is 71.9 Å². The highest BCUT2D eigenvalue weighted by Crippen LogP contribution is 2.31. The molecular weight excluding hydrogens is 254 g/mol. The molecule has 5 heteroatoms. The van der Waals surface area contributed by atoms with E-state index in [9.17, 15) is 10.2 Å². The third-order valence-corrected chi connectivity index (χ3v) is 4.07. The summed E-state index contributed by atoms with van der Waals surface area (Å²) in [6.45, 7) is 2.83. The van der Waals surface area contributed by atoms with Crippen LogP contribution in [0.15, 0.2) is 35.5 Å². The molecule has 0 radical (unpaired) electrons. The number of aliphatic imine (C=N–C) groups is 1. The minimum Gasteiger partial charge on any atom is -0.362 e. The van der Waals surface area contributed by atoms with Crippen molar-refractivity contribution in [1.29, 1.82) is 0 Å². The van der Waals surface area contributed by atoms with Gasteiger partial charge in [0, 0.05) is 36.6 Å². The number of aliphatic hydroxyl groups excluding tert-OH is 1. The largest absolute Gasteiger partial charge is 0.362 e. The molecule has 0 aliphatic carbocycles. The number of hydrogen-bond acceptors (Lipinski definition) is 4. The van der Waals surface area contributed by atoms with Crippen molar-refractivity contribution in [3.8, 4) is 0 Å². The maximum absolute atomic E-state index is 9.30. The third-order valence-electron chi connectivity index (χ3n) is 4.07. The molecular formula is C15H19N3O2. The Balaban J connectivity index is 1.92. The summed E-state index contributed by atoms with van der Waals surface area (Å²) in [7, 11) is 1.83. The van der Waals surface area contributed by atoms with Gasteiger partial charge in [0.1, 0.15) is 0 Å². The lowest BCUT2D eigenvalue weighted by atomic mass is 9.93. The van der Waals surface area contributed by atoms with Gasteiger partial charge in [-0.15, -0.1) is 0 Å². The summed E-state index contributed by atoms with van der Waals surface area (Å²) in [5.74, 6) is 0.562. The summed E-state index contributed by atoms with van der Waals surface area (Å²) < 4.78 is 0. The number of fused-ring (bicyclic) bond motifs is 1. The van der Waals surface area contributed by atoms with Crippen LogP contribution in [-0.2, 0) is 0 Å². The Morgan fingerprint density at radius 3 is 2.80 bits per heavy atom. The Morgan fingerprint density at radius 2 is 2.10 bits per heavy atom. The minimum absolute atomic E-state index is 0.0380. The molecule has 1 aromatic heterocycles. The molecule has 0 saturated carbocycles. The van der Waals surface area contributed by atoms with Crippen LogP contribution in [0.5, 0.6) is 0 Å². The number of hydrogen-bond donors (Lipinski definition) is 3. The molecule has 0 fully saturated rings. The van der Waals surface area contributed by atoms with Crippen molar-refractivity contribution in [2.75, 3.05) is 13.6 Å². The fourth-order valence-electron chi connectivity index (χ4n) is 2.90. The number of nitrogens with zero attached hydrogens (tertiary/aromatic N) is 2. The lowest BCUT2D eigenvalue weighted by Crippen LogP contribution is -2.33. The van der Waals surface area contributed by atoms with Gasteiger partial charge in [0.15, 0.2) is 5.84 Å². The van der Waals surface area contributed by atoms with Crippen molar-refractivity contribution in [3.63, 3.8) is 0 Å². The Labute approximate surface area is 117 Å². The van der Waals surface area contributed by atoms with Gasteiger partial charge >= 0.3 is 0 Å². The summed E-state index contributed by atoms with van der Waals surface area (Å²) in [5.41, 5.74) is 2.34. The number of aromatic amines is 1. The first-order chi connectivity index (χ1) is 9.58. The van der Waals surface area contributed by atoms with Crippen molar-refractivity contribution in [3.05, 3.63) is 36.0 Å². The molecule has 0 spiro atoms. The zero-order chi connectivity index (χ0) is 14.3. The Hall–Kier alpha value is -1.85. The van der Waals surface area contributed by atoms with E-state index in [1.807, 2.05) is 25.4 Å². The second kappa shape index (κ2) is 4.92. The fourth-order valence-corrected chi connectivity index (χ4v) is 2.90. The van der Waals surface area contributed by atoms with Crippen molar-refractivity contribution in [1.82, 2.24) is 9.88 Å². The van der Waals surface area contributed by atoms with Crippen molar-refractivity contribution in [2.45, 2.75) is 25.2 Å². The summed E-state index contributed by atoms with van der Waals surface area (Å²) in [6, 6.07) is 8.23. The first kappa shape index (κ1) is 13.1. The van der Waals surface area contributed by atoms with Crippen molar-refractivity contribution >= 4 is 16.7 Å². The van der Waals surface area contributed by atoms with E-state index in [0.717, 1.165) is 5.52 Å². The molecule has 2 unspecified atom stereocenters. The van der Waals surface area contributed by atoms with E-state index in [0.29, 0.717) is 12.4 Å². The van der Waals surface area contributed by atoms with Gasteiger partial charge in [0.2, 0.25) is 6.29 Å². The fraction of sp³-hybridized carbons (Fsp3) is 0.400. The van der Waals surface area contributed by atoms with Gasteiger partial charge in [-0.1, -0.05) is 25.1 Å². The molecule has 1 aromatic carbocycles. The number of aromatic nitrogens is 1. The van der Waals surface area contributed by atoms with Gasteiger partial charge in [-0.05, 0) is 11.6 Å². The molecule has 3 N–H and O–H groups in total. The number of nitrogens with one attached hydrogen (secondary N) is 1. The van der Waals surface area contributed by atoms with Crippen LogP contribution in [0, 0.1) is 0 Å². The molecule has 0 amide bonds. The summed E-state index contributed by atoms with van der Waals surface area (Å²) >= 11 is 0. The van der Waals surface area contributed by atoms with Crippen LogP contribution >= 0.6 is 0 Å². The monoisotopic (exact) mass is 273 g/mol. The maximum Gasteiger partial charge on any atom is 0.211 e. The van der Waals surface area contributed by atoms with E-state index in [2.05, 4.69) is 29.0 Å². The third kappa shape index (κ3) is 2.09. The zero-order valence-electron chi connectivity index (χ0n) is 11.6. The number of rotatable bonds is 3. The van der Waals surface area contributed by atoms with Crippen LogP contribution in [0.4, 0.5) is 0 Å². The van der Waals surface area contributed by atoms with Crippen molar-refractivity contribution in [2.24, 2.45) is 4.99 Å². The molecule has 2 atom stereocenters. The molecule has 0 saturated heterocycles. The zero-order valence-corrected chi connectivity index (χ0v) is 11.6. The highest BCUT2D eigenvalue weighted by molar-refractivity contribution is 5.87. The average Bonchev–Trinajstić information content (AvgIpc) is 3.01. The van der Waals surface area contributed by atoms with Gasteiger partial charge in [-0.25, -0.2) is 0 Å². The minimum atomic E-state index is -1.50. The van der Waals surface area contributed by atoms with E-state index in [1.165, 1.54) is 10.9 Å². The lowest BCUT2D eigenvalue weighted by Gasteiger charge is -2.18. The number of H-pyrrole nitrogens is 1. The maximum atomic E-state index is 9.30. The number of para-hydroxylation sites is 1. The van der Waals surface area contributed by atoms with Gasteiger partial charge in [-0.2, -0.15) is 0 Å². The molecule has 3 rings (SSSR count). The first-order valence-corrected chi connectivity index (χ1v) is 6.79. The Kier molecular flexibility index (Phi) is 3.23. The van der Waals surface area contributed by atoms with E-state index in [-0.39, 0.29) is 12.0 Å². The van der Waals surface area contributed by atoms with Crippen LogP contribution in [0.3, 0.4) is 0 Å². The molecule has 5 nitrogen and oxygen atoms in total. The molecule has 20 heavy (non-hydrogen) atoms. The van der Waals surface area contributed by atoms with Gasteiger partial charge in [0.25, 0.3) is 0 Å². The van der Waals surface area contributed by atoms with Crippen LogP contribution in [0.2, 0.25) is 0 Å². The standard InChI is InChI=1S/C15H19N3O2/c1-9(13-8-18(2)14(17-13)15(19)20)11-7-16-12-6-4-3-5-10(11)12/h3-7,9,13,15-16,19-20H,8H2,1-2H3. The molecule has 1 aliphatic rings. The van der Waals surface area contributed by atoms with Crippen molar-refractivity contribution < 1.29 is 10.2 Å². The number of amidine groups is 1. The highest BCUT2D eigenvalue weighted by Gasteiger charge is 2.31. The van der Waals surface area contributed by atoms with Crippen LogP contribution in [0.25, 0.3) is 10.9 Å². The van der Waals surface area contributed by atoms with E-state index in [1.54, 1.807) is 4.90 Å². The lowest BCUT2D eigenvalue weighted by molar-refractivity contribution is 0.0123. The van der Waals surface area contributed by atoms with E-state index >= 15 is 0 Å². The van der Waals surface area contributed by atoms with Crippen LogP contribution < -0.4 is 0 Å². The predicted molar refractivity (Wildman–Crippen MR) is 78.8 cm³/mol. The SMILES string of the molecule is CC(c1c[nH]c2ccccc12)C1CN(C)C(C(O)O)=N1. The van der Waals surface area contributed by atoms with Gasteiger partial charge in [-0.3, -0.25) is 4.99 Å². The summed E-state index contributed by atoms with van der Waals surface area (Å²) in [6.07, 6.45) is 0.526.